The zero-order valence-electron chi connectivity index (χ0n) is 15.1. The molecule has 0 bridgehead atoms. The first-order valence-corrected chi connectivity index (χ1v) is 9.46. The van der Waals surface area contributed by atoms with E-state index in [-0.39, 0.29) is 24.5 Å². The molecular weight excluding hydrogens is 344 g/mol. The number of rotatable bonds is 8. The van der Waals surface area contributed by atoms with E-state index in [0.29, 0.717) is 11.5 Å². The zero-order valence-corrected chi connectivity index (χ0v) is 15.1. The summed E-state index contributed by atoms with van der Waals surface area (Å²) in [5.74, 6) is -0.244. The Morgan fingerprint density at radius 2 is 2.00 bits per heavy atom. The molecule has 2 aromatic rings. The van der Waals surface area contributed by atoms with Crippen LogP contribution in [0.2, 0.25) is 0 Å². The van der Waals surface area contributed by atoms with Gasteiger partial charge >= 0.3 is 5.97 Å². The van der Waals surface area contributed by atoms with Crippen molar-refractivity contribution >= 4 is 11.9 Å². The van der Waals surface area contributed by atoms with Crippen molar-refractivity contribution in [1.82, 2.24) is 20.0 Å². The number of amides is 1. The van der Waals surface area contributed by atoms with Gasteiger partial charge in [0.05, 0.1) is 17.8 Å². The van der Waals surface area contributed by atoms with Gasteiger partial charge in [0.25, 0.3) is 5.91 Å². The van der Waals surface area contributed by atoms with Crippen LogP contribution in [0.3, 0.4) is 0 Å². The third-order valence-corrected chi connectivity index (χ3v) is 5.39. The molecule has 1 aromatic heterocycles. The maximum Gasteiger partial charge on any atom is 0.317 e. The molecule has 1 amide bonds. The summed E-state index contributed by atoms with van der Waals surface area (Å²) in [5.41, 5.74) is 1.34. The van der Waals surface area contributed by atoms with Crippen molar-refractivity contribution in [2.45, 2.75) is 37.8 Å². The number of carbonyl (C=O) groups is 2. The molecule has 1 aromatic carbocycles. The lowest BCUT2D eigenvalue weighted by atomic mass is 9.85. The lowest BCUT2D eigenvalue weighted by Gasteiger charge is -2.42. The van der Waals surface area contributed by atoms with Gasteiger partial charge in [-0.1, -0.05) is 12.1 Å². The summed E-state index contributed by atoms with van der Waals surface area (Å²) in [5, 5.41) is 16.4. The molecule has 142 valence electrons. The van der Waals surface area contributed by atoms with Crippen molar-refractivity contribution in [1.29, 1.82) is 0 Å². The predicted octanol–water partition coefficient (Wildman–Crippen LogP) is 1.93. The Hall–Kier alpha value is -2.67. The SMILES string of the molecule is O=C(O)CN(CC1CC1)C1CC(NC(=O)c2ccccc2-n2cccn2)C1. The fourth-order valence-corrected chi connectivity index (χ4v) is 3.69. The quantitative estimate of drug-likeness (QED) is 0.743. The van der Waals surface area contributed by atoms with Crippen molar-refractivity contribution in [2.75, 3.05) is 13.1 Å². The van der Waals surface area contributed by atoms with E-state index in [4.69, 9.17) is 5.11 Å². The molecule has 1 heterocycles. The number of carboxylic acid groups (broad SMARTS) is 1. The van der Waals surface area contributed by atoms with Gasteiger partial charge in [-0.05, 0) is 49.8 Å². The van der Waals surface area contributed by atoms with E-state index in [1.807, 2.05) is 30.5 Å². The third-order valence-electron chi connectivity index (χ3n) is 5.39. The standard InChI is InChI=1S/C20H24N4O3/c25-19(26)13-23(12-14-6-7-14)16-10-15(11-16)22-20(27)17-4-1-2-5-18(17)24-9-3-8-21-24/h1-5,8-9,14-16H,6-7,10-13H2,(H,22,27)(H,25,26). The van der Waals surface area contributed by atoms with Crippen LogP contribution in [0.15, 0.2) is 42.7 Å². The predicted molar refractivity (Wildman–Crippen MR) is 99.8 cm³/mol. The molecule has 0 saturated heterocycles. The maximum atomic E-state index is 12.7. The molecule has 4 rings (SSSR count). The summed E-state index contributed by atoms with van der Waals surface area (Å²) in [7, 11) is 0. The van der Waals surface area contributed by atoms with Crippen molar-refractivity contribution in [2.24, 2.45) is 5.92 Å². The number of hydrogen-bond donors (Lipinski definition) is 2. The van der Waals surface area contributed by atoms with E-state index in [1.54, 1.807) is 16.9 Å². The molecule has 7 nitrogen and oxygen atoms in total. The molecule has 0 spiro atoms. The molecule has 2 N–H and O–H groups in total. The fourth-order valence-electron chi connectivity index (χ4n) is 3.69. The minimum atomic E-state index is -0.781. The van der Waals surface area contributed by atoms with Gasteiger partial charge < -0.3 is 10.4 Å². The second kappa shape index (κ2) is 7.52. The highest BCUT2D eigenvalue weighted by atomic mass is 16.4. The minimum Gasteiger partial charge on any atom is -0.480 e. The highest BCUT2D eigenvalue weighted by molar-refractivity contribution is 5.98. The second-order valence-electron chi connectivity index (χ2n) is 7.53. The summed E-state index contributed by atoms with van der Waals surface area (Å²) in [6, 6.07) is 9.55. The molecule has 0 unspecified atom stereocenters. The van der Waals surface area contributed by atoms with E-state index < -0.39 is 5.97 Å². The zero-order chi connectivity index (χ0) is 18.8. The normalized spacial score (nSPS) is 21.7. The van der Waals surface area contributed by atoms with Crippen LogP contribution in [0.5, 0.6) is 0 Å². The van der Waals surface area contributed by atoms with Crippen LogP contribution in [-0.2, 0) is 4.79 Å². The first-order chi connectivity index (χ1) is 13.1. The Morgan fingerprint density at radius 3 is 2.67 bits per heavy atom. The van der Waals surface area contributed by atoms with E-state index in [2.05, 4.69) is 15.3 Å². The van der Waals surface area contributed by atoms with Gasteiger partial charge in [0.2, 0.25) is 0 Å². The lowest BCUT2D eigenvalue weighted by Crippen LogP contribution is -2.55. The number of para-hydroxylation sites is 1. The largest absolute Gasteiger partial charge is 0.480 e. The van der Waals surface area contributed by atoms with Gasteiger partial charge in [-0.3, -0.25) is 14.5 Å². The molecule has 0 aliphatic heterocycles. The lowest BCUT2D eigenvalue weighted by molar-refractivity contribution is -0.139. The number of benzene rings is 1. The van der Waals surface area contributed by atoms with Crippen molar-refractivity contribution < 1.29 is 14.7 Å². The topological polar surface area (TPSA) is 87.5 Å². The van der Waals surface area contributed by atoms with E-state index in [1.165, 1.54) is 12.8 Å². The highest BCUT2D eigenvalue weighted by Crippen LogP contribution is 2.34. The first kappa shape index (κ1) is 17.7. The van der Waals surface area contributed by atoms with E-state index in [0.717, 1.165) is 25.1 Å². The summed E-state index contributed by atoms with van der Waals surface area (Å²) < 4.78 is 1.68. The first-order valence-electron chi connectivity index (χ1n) is 9.46. The Morgan fingerprint density at radius 1 is 1.22 bits per heavy atom. The van der Waals surface area contributed by atoms with Gasteiger partial charge in [-0.2, -0.15) is 5.10 Å². The summed E-state index contributed by atoms with van der Waals surface area (Å²) in [6.45, 7) is 0.948. The number of aromatic nitrogens is 2. The Labute approximate surface area is 158 Å². The average Bonchev–Trinajstić information content (AvgIpc) is 3.26. The molecule has 2 aliphatic carbocycles. The molecule has 27 heavy (non-hydrogen) atoms. The summed E-state index contributed by atoms with van der Waals surface area (Å²) >= 11 is 0. The number of carbonyl (C=O) groups excluding carboxylic acids is 1. The van der Waals surface area contributed by atoms with Crippen LogP contribution in [0.4, 0.5) is 0 Å². The molecule has 0 atom stereocenters. The van der Waals surface area contributed by atoms with Crippen LogP contribution < -0.4 is 5.32 Å². The van der Waals surface area contributed by atoms with Gasteiger partial charge in [0.15, 0.2) is 0 Å². The van der Waals surface area contributed by atoms with Crippen LogP contribution >= 0.6 is 0 Å². The number of nitrogens with zero attached hydrogens (tertiary/aromatic N) is 3. The maximum absolute atomic E-state index is 12.7. The molecule has 2 saturated carbocycles. The molecule has 7 heteroatoms. The Bertz CT molecular complexity index is 810. The molecule has 0 radical (unpaired) electrons. The van der Waals surface area contributed by atoms with Gasteiger partial charge in [-0.25, -0.2) is 4.68 Å². The second-order valence-corrected chi connectivity index (χ2v) is 7.53. The fraction of sp³-hybridized carbons (Fsp3) is 0.450. The van der Waals surface area contributed by atoms with Crippen molar-refractivity contribution in [3.8, 4) is 5.69 Å². The van der Waals surface area contributed by atoms with Crippen molar-refractivity contribution in [3.05, 3.63) is 48.3 Å². The highest BCUT2D eigenvalue weighted by Gasteiger charge is 2.38. The smallest absolute Gasteiger partial charge is 0.317 e. The molecule has 2 aliphatic rings. The van der Waals surface area contributed by atoms with E-state index in [9.17, 15) is 9.59 Å². The van der Waals surface area contributed by atoms with Gasteiger partial charge in [0.1, 0.15) is 0 Å². The number of hydrogen-bond acceptors (Lipinski definition) is 4. The minimum absolute atomic E-state index is 0.0867. The van der Waals surface area contributed by atoms with Crippen LogP contribution in [0, 0.1) is 5.92 Å². The van der Waals surface area contributed by atoms with Crippen molar-refractivity contribution in [3.63, 3.8) is 0 Å². The number of nitrogens with one attached hydrogen (secondary N) is 1. The summed E-state index contributed by atoms with van der Waals surface area (Å²) in [4.78, 5) is 25.9. The monoisotopic (exact) mass is 368 g/mol. The van der Waals surface area contributed by atoms with Gasteiger partial charge in [0, 0.05) is 31.0 Å². The van der Waals surface area contributed by atoms with Gasteiger partial charge in [-0.15, -0.1) is 0 Å². The number of aliphatic carboxylic acids is 1. The third kappa shape index (κ3) is 4.19. The van der Waals surface area contributed by atoms with Crippen LogP contribution in [0.1, 0.15) is 36.0 Å². The molecular formula is C20H24N4O3. The Kier molecular flexibility index (Phi) is 4.94. The number of carboxylic acids is 1. The van der Waals surface area contributed by atoms with Crippen LogP contribution in [-0.4, -0.2) is 56.8 Å². The van der Waals surface area contributed by atoms with Crippen LogP contribution in [0.25, 0.3) is 5.69 Å². The Balaban J connectivity index is 1.36. The van der Waals surface area contributed by atoms with E-state index >= 15 is 0 Å². The average molecular weight is 368 g/mol. The summed E-state index contributed by atoms with van der Waals surface area (Å²) in [6.07, 6.45) is 7.50. The molecule has 2 fully saturated rings.